The van der Waals surface area contributed by atoms with Crippen molar-refractivity contribution in [1.82, 2.24) is 20.4 Å². The quantitative estimate of drug-likeness (QED) is 0.920. The van der Waals surface area contributed by atoms with E-state index in [0.29, 0.717) is 28.3 Å². The molecule has 2 amide bonds. The Bertz CT molecular complexity index is 831. The third kappa shape index (κ3) is 3.81. The zero-order valence-electron chi connectivity index (χ0n) is 15.3. The van der Waals surface area contributed by atoms with E-state index in [1.807, 2.05) is 26.8 Å². The van der Waals surface area contributed by atoms with Crippen LogP contribution in [0.25, 0.3) is 11.1 Å². The number of nitrogens with zero attached hydrogens (tertiary/aromatic N) is 3. The van der Waals surface area contributed by atoms with Gasteiger partial charge in [0.15, 0.2) is 0 Å². The first kappa shape index (κ1) is 17.4. The summed E-state index contributed by atoms with van der Waals surface area (Å²) in [7, 11) is 1.62. The number of aryl methyl sites for hydroxylation is 1. The van der Waals surface area contributed by atoms with Crippen LogP contribution in [0.1, 0.15) is 61.3 Å². The Morgan fingerprint density at radius 1 is 1.36 bits per heavy atom. The number of likely N-dealkylation sites (N-methyl/N-ethyl adjacent to an activating group) is 1. The fourth-order valence-corrected chi connectivity index (χ4v) is 2.82. The standard InChI is InChI=1S/C18H24N4O3/c1-10-15-12(8-13(11-6-7-11)19-16(15)25-21-10)17(24)22(5)9-14(23)20-18(2,3)4/h8,11H,6-7,9H2,1-5H3,(H,20,23). The molecule has 0 spiro atoms. The van der Waals surface area contributed by atoms with Gasteiger partial charge in [-0.3, -0.25) is 9.59 Å². The minimum absolute atomic E-state index is 0.0109. The summed E-state index contributed by atoms with van der Waals surface area (Å²) in [6, 6.07) is 1.82. The van der Waals surface area contributed by atoms with Gasteiger partial charge in [0.1, 0.15) is 0 Å². The van der Waals surface area contributed by atoms with Crippen molar-refractivity contribution < 1.29 is 14.1 Å². The predicted molar refractivity (Wildman–Crippen MR) is 93.4 cm³/mol. The first-order valence-corrected chi connectivity index (χ1v) is 8.49. The fraction of sp³-hybridized carbons (Fsp3) is 0.556. The number of hydrogen-bond acceptors (Lipinski definition) is 5. The van der Waals surface area contributed by atoms with Crippen molar-refractivity contribution in [2.75, 3.05) is 13.6 Å². The first-order valence-electron chi connectivity index (χ1n) is 8.49. The third-order valence-corrected chi connectivity index (χ3v) is 4.10. The zero-order chi connectivity index (χ0) is 18.4. The van der Waals surface area contributed by atoms with Crippen LogP contribution in [0.4, 0.5) is 0 Å². The number of nitrogens with one attached hydrogen (secondary N) is 1. The van der Waals surface area contributed by atoms with E-state index in [9.17, 15) is 9.59 Å². The van der Waals surface area contributed by atoms with E-state index in [2.05, 4.69) is 15.5 Å². The molecule has 1 aliphatic rings. The van der Waals surface area contributed by atoms with Gasteiger partial charge in [-0.2, -0.15) is 0 Å². The zero-order valence-corrected chi connectivity index (χ0v) is 15.3. The van der Waals surface area contributed by atoms with Crippen LogP contribution in [-0.4, -0.2) is 46.0 Å². The maximum Gasteiger partial charge on any atom is 0.259 e. The molecule has 2 aromatic heterocycles. The second kappa shape index (κ2) is 6.13. The third-order valence-electron chi connectivity index (χ3n) is 4.10. The van der Waals surface area contributed by atoms with Crippen LogP contribution < -0.4 is 5.32 Å². The Hall–Kier alpha value is -2.44. The van der Waals surface area contributed by atoms with E-state index in [-0.39, 0.29) is 23.9 Å². The second-order valence-corrected chi connectivity index (χ2v) is 7.78. The monoisotopic (exact) mass is 344 g/mol. The lowest BCUT2D eigenvalue weighted by Crippen LogP contribution is -2.46. The number of hydrogen-bond donors (Lipinski definition) is 1. The molecule has 0 aromatic carbocycles. The number of amides is 2. The lowest BCUT2D eigenvalue weighted by atomic mass is 10.1. The number of pyridine rings is 1. The molecular formula is C18H24N4O3. The summed E-state index contributed by atoms with van der Waals surface area (Å²) in [6.07, 6.45) is 2.15. The van der Waals surface area contributed by atoms with Gasteiger partial charge in [-0.15, -0.1) is 0 Å². The van der Waals surface area contributed by atoms with Gasteiger partial charge in [-0.1, -0.05) is 5.16 Å². The molecule has 0 radical (unpaired) electrons. The highest BCUT2D eigenvalue weighted by Crippen LogP contribution is 2.40. The SMILES string of the molecule is Cc1noc2nc(C3CC3)cc(C(=O)N(C)CC(=O)NC(C)(C)C)c12. The Morgan fingerprint density at radius 3 is 2.64 bits per heavy atom. The normalized spacial score (nSPS) is 14.6. The fourth-order valence-electron chi connectivity index (χ4n) is 2.82. The molecule has 1 N–H and O–H groups in total. The lowest BCUT2D eigenvalue weighted by molar-refractivity contribution is -0.122. The maximum atomic E-state index is 13.0. The average Bonchev–Trinajstić information content (AvgIpc) is 3.28. The van der Waals surface area contributed by atoms with Crippen LogP contribution in [-0.2, 0) is 4.79 Å². The molecule has 3 rings (SSSR count). The molecule has 0 bridgehead atoms. The molecule has 0 unspecified atom stereocenters. The summed E-state index contributed by atoms with van der Waals surface area (Å²) in [4.78, 5) is 31.0. The van der Waals surface area contributed by atoms with E-state index in [0.717, 1.165) is 18.5 Å². The molecule has 134 valence electrons. The van der Waals surface area contributed by atoms with Crippen LogP contribution in [0.15, 0.2) is 10.6 Å². The maximum absolute atomic E-state index is 13.0. The average molecular weight is 344 g/mol. The molecule has 2 heterocycles. The van der Waals surface area contributed by atoms with Gasteiger partial charge in [0.05, 0.1) is 23.2 Å². The van der Waals surface area contributed by atoms with E-state index >= 15 is 0 Å². The van der Waals surface area contributed by atoms with Gasteiger partial charge in [-0.05, 0) is 46.6 Å². The highest BCUT2D eigenvalue weighted by Gasteiger charge is 2.29. The molecule has 2 aromatic rings. The van der Waals surface area contributed by atoms with Gasteiger partial charge >= 0.3 is 0 Å². The summed E-state index contributed by atoms with van der Waals surface area (Å²) in [6.45, 7) is 7.49. The highest BCUT2D eigenvalue weighted by molar-refractivity contribution is 6.06. The Labute approximate surface area is 146 Å². The van der Waals surface area contributed by atoms with Crippen LogP contribution in [0.3, 0.4) is 0 Å². The Balaban J connectivity index is 1.88. The van der Waals surface area contributed by atoms with Gasteiger partial charge in [0.25, 0.3) is 11.6 Å². The van der Waals surface area contributed by atoms with Gasteiger partial charge in [0, 0.05) is 24.2 Å². The van der Waals surface area contributed by atoms with Gasteiger partial charge < -0.3 is 14.7 Å². The molecule has 1 saturated carbocycles. The number of carbonyl (C=O) groups excluding carboxylic acids is 2. The van der Waals surface area contributed by atoms with E-state index in [1.54, 1.807) is 14.0 Å². The molecule has 25 heavy (non-hydrogen) atoms. The molecular weight excluding hydrogens is 320 g/mol. The van der Waals surface area contributed by atoms with E-state index in [1.165, 1.54) is 4.90 Å². The van der Waals surface area contributed by atoms with E-state index in [4.69, 9.17) is 4.52 Å². The van der Waals surface area contributed by atoms with Gasteiger partial charge in [0.2, 0.25) is 5.91 Å². The van der Waals surface area contributed by atoms with Gasteiger partial charge in [-0.25, -0.2) is 4.98 Å². The van der Waals surface area contributed by atoms with Crippen molar-refractivity contribution in [3.8, 4) is 0 Å². The summed E-state index contributed by atoms with van der Waals surface area (Å²) in [5, 5.41) is 7.43. The smallest absolute Gasteiger partial charge is 0.259 e. The van der Waals surface area contributed by atoms with E-state index < -0.39 is 0 Å². The molecule has 1 aliphatic carbocycles. The topological polar surface area (TPSA) is 88.3 Å². The number of carbonyl (C=O) groups is 2. The molecule has 0 atom stereocenters. The lowest BCUT2D eigenvalue weighted by Gasteiger charge is -2.23. The summed E-state index contributed by atoms with van der Waals surface area (Å²) < 4.78 is 5.27. The Morgan fingerprint density at radius 2 is 2.04 bits per heavy atom. The van der Waals surface area contributed by atoms with Crippen molar-refractivity contribution in [2.45, 2.75) is 52.0 Å². The van der Waals surface area contributed by atoms with Crippen LogP contribution in [0.5, 0.6) is 0 Å². The molecule has 7 heteroatoms. The van der Waals surface area contributed by atoms with Crippen molar-refractivity contribution >= 4 is 22.9 Å². The van der Waals surface area contributed by atoms with Crippen LogP contribution >= 0.6 is 0 Å². The minimum atomic E-state index is -0.338. The van der Waals surface area contributed by atoms with Crippen molar-refractivity contribution in [2.24, 2.45) is 0 Å². The highest BCUT2D eigenvalue weighted by atomic mass is 16.5. The number of rotatable bonds is 4. The van der Waals surface area contributed by atoms with Crippen molar-refractivity contribution in [3.63, 3.8) is 0 Å². The van der Waals surface area contributed by atoms with Crippen LogP contribution in [0.2, 0.25) is 0 Å². The molecule has 7 nitrogen and oxygen atoms in total. The number of aromatic nitrogens is 2. The summed E-state index contributed by atoms with van der Waals surface area (Å²) in [5.41, 5.74) is 2.03. The Kier molecular flexibility index (Phi) is 4.26. The summed E-state index contributed by atoms with van der Waals surface area (Å²) in [5.74, 6) is -0.0429. The first-order chi connectivity index (χ1) is 11.7. The molecule has 0 aliphatic heterocycles. The summed E-state index contributed by atoms with van der Waals surface area (Å²) >= 11 is 0. The predicted octanol–water partition coefficient (Wildman–Crippen LogP) is 2.40. The van der Waals surface area contributed by atoms with Crippen molar-refractivity contribution in [1.29, 1.82) is 0 Å². The molecule has 0 saturated heterocycles. The number of fused-ring (bicyclic) bond motifs is 1. The van der Waals surface area contributed by atoms with Crippen molar-refractivity contribution in [3.05, 3.63) is 23.0 Å². The largest absolute Gasteiger partial charge is 0.350 e. The second-order valence-electron chi connectivity index (χ2n) is 7.78. The molecule has 1 fully saturated rings. The van der Waals surface area contributed by atoms with Crippen LogP contribution in [0, 0.1) is 6.92 Å². The minimum Gasteiger partial charge on any atom is -0.350 e.